The van der Waals surface area contributed by atoms with Crippen molar-refractivity contribution in [1.29, 1.82) is 0 Å². The van der Waals surface area contributed by atoms with Gasteiger partial charge in [0.2, 0.25) is 0 Å². The minimum atomic E-state index is 0.224. The molecule has 5 heteroatoms. The molecule has 0 amide bonds. The van der Waals surface area contributed by atoms with Crippen LogP contribution in [-0.2, 0) is 0 Å². The van der Waals surface area contributed by atoms with Crippen LogP contribution >= 0.6 is 0 Å². The molecule has 0 spiro atoms. The number of aryl methyl sites for hydroxylation is 1. The van der Waals surface area contributed by atoms with Crippen molar-refractivity contribution < 1.29 is 4.74 Å². The van der Waals surface area contributed by atoms with Gasteiger partial charge in [-0.05, 0) is 61.0 Å². The van der Waals surface area contributed by atoms with Crippen molar-refractivity contribution in [2.45, 2.75) is 32.7 Å². The Hall–Kier alpha value is -2.79. The van der Waals surface area contributed by atoms with Crippen molar-refractivity contribution in [3.05, 3.63) is 42.1 Å². The van der Waals surface area contributed by atoms with E-state index in [1.807, 2.05) is 12.3 Å². The molecule has 27 heavy (non-hydrogen) atoms. The van der Waals surface area contributed by atoms with Gasteiger partial charge in [0.05, 0.1) is 12.6 Å². The molecule has 2 aromatic carbocycles. The molecule has 140 valence electrons. The van der Waals surface area contributed by atoms with Gasteiger partial charge in [-0.2, -0.15) is 0 Å². The fourth-order valence-corrected chi connectivity index (χ4v) is 3.71. The number of methoxy groups -OCH3 is 1. The molecule has 4 aromatic rings. The highest BCUT2D eigenvalue weighted by molar-refractivity contribution is 6.15. The van der Waals surface area contributed by atoms with Crippen LogP contribution in [0.2, 0.25) is 0 Å². The van der Waals surface area contributed by atoms with Gasteiger partial charge in [0.1, 0.15) is 11.6 Å². The van der Waals surface area contributed by atoms with E-state index in [0.29, 0.717) is 0 Å². The second kappa shape index (κ2) is 7.08. The summed E-state index contributed by atoms with van der Waals surface area (Å²) in [6.07, 6.45) is 3.79. The van der Waals surface area contributed by atoms with Gasteiger partial charge in [0.25, 0.3) is 0 Å². The summed E-state index contributed by atoms with van der Waals surface area (Å²) in [5.41, 5.74) is 9.55. The Morgan fingerprint density at radius 1 is 1.15 bits per heavy atom. The lowest BCUT2D eigenvalue weighted by molar-refractivity contribution is 0.415. The van der Waals surface area contributed by atoms with Crippen LogP contribution < -0.4 is 15.8 Å². The first-order valence-corrected chi connectivity index (χ1v) is 9.49. The van der Waals surface area contributed by atoms with E-state index in [0.717, 1.165) is 52.8 Å². The summed E-state index contributed by atoms with van der Waals surface area (Å²) in [7, 11) is 1.70. The van der Waals surface area contributed by atoms with Crippen LogP contribution in [0.1, 0.15) is 25.3 Å². The molecular formula is C22H26N4O. The number of nitrogens with one attached hydrogen (secondary N) is 2. The number of nitrogens with zero attached hydrogens (tertiary/aromatic N) is 1. The van der Waals surface area contributed by atoms with E-state index >= 15 is 0 Å². The van der Waals surface area contributed by atoms with Crippen LogP contribution in [-0.4, -0.2) is 29.7 Å². The first kappa shape index (κ1) is 17.6. The Morgan fingerprint density at radius 2 is 2.00 bits per heavy atom. The van der Waals surface area contributed by atoms with Gasteiger partial charge in [-0.3, -0.25) is 0 Å². The second-order valence-corrected chi connectivity index (χ2v) is 7.10. The molecule has 0 aliphatic rings. The van der Waals surface area contributed by atoms with Crippen molar-refractivity contribution in [3.63, 3.8) is 0 Å². The molecule has 5 nitrogen and oxygen atoms in total. The lowest BCUT2D eigenvalue weighted by Gasteiger charge is -2.13. The molecule has 0 radical (unpaired) electrons. The standard InChI is InChI=1S/C22H26N4O/c1-4-14(23)7-9-24-22-19-12-18-17-11-15(27-3)5-6-20(17)26-21(18)13(2)16(19)8-10-25-22/h5-6,8,10-12,14,26H,4,7,9,23H2,1-3H3,(H,24,25). The van der Waals surface area contributed by atoms with Crippen molar-refractivity contribution >= 4 is 38.4 Å². The SMILES string of the molecule is CCC(N)CCNc1nccc2c(C)c3[nH]c4ccc(OC)cc4c3cc12. The van der Waals surface area contributed by atoms with Crippen molar-refractivity contribution in [2.75, 3.05) is 19.0 Å². The predicted octanol–water partition coefficient (Wildman–Crippen LogP) is 4.73. The van der Waals surface area contributed by atoms with Crippen LogP contribution in [0.3, 0.4) is 0 Å². The van der Waals surface area contributed by atoms with Gasteiger partial charge >= 0.3 is 0 Å². The molecule has 0 saturated carbocycles. The number of fused-ring (bicyclic) bond motifs is 4. The first-order chi connectivity index (χ1) is 13.1. The van der Waals surface area contributed by atoms with E-state index in [1.165, 1.54) is 16.3 Å². The minimum Gasteiger partial charge on any atom is -0.497 e. The minimum absolute atomic E-state index is 0.224. The zero-order valence-corrected chi connectivity index (χ0v) is 16.1. The second-order valence-electron chi connectivity index (χ2n) is 7.10. The molecule has 4 N–H and O–H groups in total. The third-order valence-corrected chi connectivity index (χ3v) is 5.44. The van der Waals surface area contributed by atoms with Crippen LogP contribution in [0.5, 0.6) is 5.75 Å². The molecule has 0 bridgehead atoms. The zero-order chi connectivity index (χ0) is 19.0. The number of rotatable bonds is 6. The van der Waals surface area contributed by atoms with Crippen LogP contribution in [0, 0.1) is 6.92 Å². The van der Waals surface area contributed by atoms with Gasteiger partial charge in [-0.15, -0.1) is 0 Å². The first-order valence-electron chi connectivity index (χ1n) is 9.49. The van der Waals surface area contributed by atoms with Crippen molar-refractivity contribution in [1.82, 2.24) is 9.97 Å². The Balaban J connectivity index is 1.86. The highest BCUT2D eigenvalue weighted by Gasteiger charge is 2.13. The summed E-state index contributed by atoms with van der Waals surface area (Å²) in [4.78, 5) is 8.15. The molecular weight excluding hydrogens is 336 g/mol. The molecule has 2 heterocycles. The Morgan fingerprint density at radius 3 is 2.78 bits per heavy atom. The summed E-state index contributed by atoms with van der Waals surface area (Å²) in [6, 6.07) is 10.7. The lowest BCUT2D eigenvalue weighted by Crippen LogP contribution is -2.22. The van der Waals surface area contributed by atoms with E-state index in [4.69, 9.17) is 10.5 Å². The average molecular weight is 362 g/mol. The normalized spacial score (nSPS) is 12.7. The zero-order valence-electron chi connectivity index (χ0n) is 16.1. The maximum Gasteiger partial charge on any atom is 0.133 e. The molecule has 2 aromatic heterocycles. The van der Waals surface area contributed by atoms with E-state index in [9.17, 15) is 0 Å². The topological polar surface area (TPSA) is 76.0 Å². The van der Waals surface area contributed by atoms with E-state index < -0.39 is 0 Å². The monoisotopic (exact) mass is 362 g/mol. The van der Waals surface area contributed by atoms with Crippen molar-refractivity contribution in [2.24, 2.45) is 5.73 Å². The highest BCUT2D eigenvalue weighted by Crippen LogP contribution is 2.36. The third-order valence-electron chi connectivity index (χ3n) is 5.44. The van der Waals surface area contributed by atoms with E-state index in [2.05, 4.69) is 53.4 Å². The number of hydrogen-bond acceptors (Lipinski definition) is 4. The summed E-state index contributed by atoms with van der Waals surface area (Å²) in [5, 5.41) is 8.18. The molecule has 1 unspecified atom stereocenters. The quantitative estimate of drug-likeness (QED) is 0.464. The Labute approximate surface area is 158 Å². The van der Waals surface area contributed by atoms with Gasteiger partial charge in [0.15, 0.2) is 0 Å². The molecule has 0 aliphatic carbocycles. The third kappa shape index (κ3) is 3.08. The maximum absolute atomic E-state index is 6.05. The summed E-state index contributed by atoms with van der Waals surface area (Å²) in [6.45, 7) is 5.10. The number of pyridine rings is 1. The van der Waals surface area contributed by atoms with Gasteiger partial charge in [0, 0.05) is 40.5 Å². The van der Waals surface area contributed by atoms with Gasteiger partial charge in [-0.1, -0.05) is 6.92 Å². The number of benzene rings is 2. The summed E-state index contributed by atoms with van der Waals surface area (Å²) >= 11 is 0. The number of aromatic nitrogens is 2. The fraction of sp³-hybridized carbons (Fsp3) is 0.318. The van der Waals surface area contributed by atoms with Crippen LogP contribution in [0.15, 0.2) is 36.5 Å². The number of hydrogen-bond donors (Lipinski definition) is 3. The average Bonchev–Trinajstić information content (AvgIpc) is 3.06. The molecule has 0 aliphatic heterocycles. The molecule has 1 atom stereocenters. The van der Waals surface area contributed by atoms with Crippen LogP contribution in [0.25, 0.3) is 32.6 Å². The number of H-pyrrole nitrogens is 1. The van der Waals surface area contributed by atoms with E-state index in [1.54, 1.807) is 7.11 Å². The maximum atomic E-state index is 6.05. The van der Waals surface area contributed by atoms with Crippen molar-refractivity contribution in [3.8, 4) is 5.75 Å². The Kier molecular flexibility index (Phi) is 4.62. The number of anilines is 1. The Bertz CT molecular complexity index is 1120. The number of aromatic amines is 1. The molecule has 0 fully saturated rings. The summed E-state index contributed by atoms with van der Waals surface area (Å²) < 4.78 is 5.42. The number of ether oxygens (including phenoxy) is 1. The van der Waals surface area contributed by atoms with Gasteiger partial charge < -0.3 is 20.8 Å². The largest absolute Gasteiger partial charge is 0.497 e. The van der Waals surface area contributed by atoms with Gasteiger partial charge in [-0.25, -0.2) is 4.98 Å². The lowest BCUT2D eigenvalue weighted by atomic mass is 10.0. The molecule has 4 rings (SSSR count). The fourth-order valence-electron chi connectivity index (χ4n) is 3.71. The van der Waals surface area contributed by atoms with E-state index in [-0.39, 0.29) is 6.04 Å². The number of nitrogens with two attached hydrogens (primary N) is 1. The van der Waals surface area contributed by atoms with Crippen LogP contribution in [0.4, 0.5) is 5.82 Å². The predicted molar refractivity (Wildman–Crippen MR) is 114 cm³/mol. The summed E-state index contributed by atoms with van der Waals surface area (Å²) in [5.74, 6) is 1.78. The highest BCUT2D eigenvalue weighted by atomic mass is 16.5. The molecule has 0 saturated heterocycles. The smallest absolute Gasteiger partial charge is 0.133 e.